The van der Waals surface area contributed by atoms with Crippen LogP contribution in [0.2, 0.25) is 0 Å². The molecule has 1 unspecified atom stereocenters. The van der Waals surface area contributed by atoms with Gasteiger partial charge in [-0.15, -0.1) is 0 Å². The van der Waals surface area contributed by atoms with Gasteiger partial charge in [0.25, 0.3) is 0 Å². The number of amides is 1. The van der Waals surface area contributed by atoms with Crippen molar-refractivity contribution in [3.63, 3.8) is 0 Å². The van der Waals surface area contributed by atoms with Crippen LogP contribution in [0.5, 0.6) is 5.75 Å². The Morgan fingerprint density at radius 3 is 2.58 bits per heavy atom. The standard InChI is InChI=1S/C18H25FN2O4S/c1-17(2)11-14(13-5-4-12(19)10-15(13)25-17)21-16(22)18(26(3,23)24)6-8-20-9-7-18/h4-5,10,14,20H,6-9,11H2,1-3H3,(H,21,22). The molecule has 144 valence electrons. The second-order valence-electron chi connectivity index (χ2n) is 7.79. The molecular formula is C18H25FN2O4S. The van der Waals surface area contributed by atoms with Crippen LogP contribution < -0.4 is 15.4 Å². The number of hydrogen-bond acceptors (Lipinski definition) is 5. The summed E-state index contributed by atoms with van der Waals surface area (Å²) in [7, 11) is -3.59. The quantitative estimate of drug-likeness (QED) is 0.829. The minimum absolute atomic E-state index is 0.237. The van der Waals surface area contributed by atoms with Gasteiger partial charge in [0.05, 0.1) is 6.04 Å². The van der Waals surface area contributed by atoms with Crippen LogP contribution in [0.3, 0.4) is 0 Å². The van der Waals surface area contributed by atoms with Crippen molar-refractivity contribution < 1.29 is 22.3 Å². The molecule has 1 aromatic rings. The fourth-order valence-electron chi connectivity index (χ4n) is 3.84. The summed E-state index contributed by atoms with van der Waals surface area (Å²) in [6.07, 6.45) is 2.06. The van der Waals surface area contributed by atoms with Crippen LogP contribution in [0.4, 0.5) is 4.39 Å². The van der Waals surface area contributed by atoms with E-state index in [9.17, 15) is 17.6 Å². The van der Waals surface area contributed by atoms with Crippen LogP contribution in [-0.2, 0) is 14.6 Å². The van der Waals surface area contributed by atoms with Crippen molar-refractivity contribution in [3.05, 3.63) is 29.6 Å². The summed E-state index contributed by atoms with van der Waals surface area (Å²) in [5.41, 5.74) is 0.0575. The smallest absolute Gasteiger partial charge is 0.242 e. The van der Waals surface area contributed by atoms with Gasteiger partial charge in [-0.1, -0.05) is 6.07 Å². The molecule has 3 rings (SSSR count). The highest BCUT2D eigenvalue weighted by Gasteiger charge is 2.49. The molecular weight excluding hydrogens is 359 g/mol. The van der Waals surface area contributed by atoms with Crippen LogP contribution in [0.1, 0.15) is 44.7 Å². The summed E-state index contributed by atoms with van der Waals surface area (Å²) in [5.74, 6) is -0.526. The summed E-state index contributed by atoms with van der Waals surface area (Å²) in [5, 5.41) is 6.02. The largest absolute Gasteiger partial charge is 0.487 e. The zero-order valence-corrected chi connectivity index (χ0v) is 16.1. The van der Waals surface area contributed by atoms with Crippen molar-refractivity contribution in [1.82, 2.24) is 10.6 Å². The Labute approximate surface area is 153 Å². The Hall–Kier alpha value is -1.67. The lowest BCUT2D eigenvalue weighted by Crippen LogP contribution is -2.58. The molecule has 26 heavy (non-hydrogen) atoms. The zero-order valence-electron chi connectivity index (χ0n) is 15.3. The molecule has 0 saturated carbocycles. The van der Waals surface area contributed by atoms with Gasteiger partial charge in [0.1, 0.15) is 17.2 Å². The minimum atomic E-state index is -3.59. The van der Waals surface area contributed by atoms with Crippen molar-refractivity contribution in [1.29, 1.82) is 0 Å². The number of fused-ring (bicyclic) bond motifs is 1. The van der Waals surface area contributed by atoms with Crippen LogP contribution in [0.15, 0.2) is 18.2 Å². The highest BCUT2D eigenvalue weighted by Crippen LogP contribution is 2.40. The van der Waals surface area contributed by atoms with Gasteiger partial charge in [-0.3, -0.25) is 4.79 Å². The molecule has 0 bridgehead atoms. The molecule has 0 spiro atoms. The zero-order chi connectivity index (χ0) is 19.2. The molecule has 2 aliphatic heterocycles. The first-order chi connectivity index (χ1) is 12.0. The van der Waals surface area contributed by atoms with Crippen molar-refractivity contribution in [2.75, 3.05) is 19.3 Å². The Morgan fingerprint density at radius 2 is 1.96 bits per heavy atom. The third-order valence-electron chi connectivity index (χ3n) is 5.27. The monoisotopic (exact) mass is 384 g/mol. The molecule has 6 nitrogen and oxygen atoms in total. The van der Waals surface area contributed by atoms with Gasteiger partial charge in [0.2, 0.25) is 5.91 Å². The normalized spacial score (nSPS) is 24.2. The van der Waals surface area contributed by atoms with Gasteiger partial charge in [-0.05, 0) is 45.8 Å². The lowest BCUT2D eigenvalue weighted by molar-refractivity contribution is -0.125. The third kappa shape index (κ3) is 3.44. The van der Waals surface area contributed by atoms with E-state index in [1.807, 2.05) is 13.8 Å². The number of nitrogens with one attached hydrogen (secondary N) is 2. The summed E-state index contributed by atoms with van der Waals surface area (Å²) < 4.78 is 42.9. The number of sulfone groups is 1. The van der Waals surface area contributed by atoms with E-state index in [4.69, 9.17) is 4.74 Å². The number of carbonyl (C=O) groups is 1. The fraction of sp³-hybridized carbons (Fsp3) is 0.611. The van der Waals surface area contributed by atoms with E-state index < -0.39 is 38.0 Å². The third-order valence-corrected chi connectivity index (χ3v) is 7.29. The summed E-state index contributed by atoms with van der Waals surface area (Å²) in [6, 6.07) is 3.76. The maximum absolute atomic E-state index is 13.6. The van der Waals surface area contributed by atoms with Gasteiger partial charge in [-0.25, -0.2) is 12.8 Å². The molecule has 1 aromatic carbocycles. The maximum Gasteiger partial charge on any atom is 0.242 e. The first kappa shape index (κ1) is 19.1. The summed E-state index contributed by atoms with van der Waals surface area (Å²) in [4.78, 5) is 13.1. The molecule has 1 saturated heterocycles. The number of benzene rings is 1. The Kier molecular flexibility index (Phi) is 4.77. The first-order valence-corrected chi connectivity index (χ1v) is 10.6. The van der Waals surface area contributed by atoms with Crippen LogP contribution in [-0.4, -0.2) is 44.0 Å². The maximum atomic E-state index is 13.6. The van der Waals surface area contributed by atoms with E-state index in [1.54, 1.807) is 6.07 Å². The SMILES string of the molecule is CC1(C)CC(NC(=O)C2(S(C)(=O)=O)CCNCC2)c2ccc(F)cc2O1. The van der Waals surface area contributed by atoms with Crippen molar-refractivity contribution in [3.8, 4) is 5.75 Å². The number of rotatable bonds is 3. The van der Waals surface area contributed by atoms with Gasteiger partial charge in [0.15, 0.2) is 14.6 Å². The highest BCUT2D eigenvalue weighted by molar-refractivity contribution is 7.92. The van der Waals surface area contributed by atoms with Gasteiger partial charge < -0.3 is 15.4 Å². The van der Waals surface area contributed by atoms with Gasteiger partial charge >= 0.3 is 0 Å². The highest BCUT2D eigenvalue weighted by atomic mass is 32.2. The van der Waals surface area contributed by atoms with Crippen molar-refractivity contribution in [2.45, 2.75) is 49.5 Å². The van der Waals surface area contributed by atoms with Crippen LogP contribution >= 0.6 is 0 Å². The number of piperidine rings is 1. The van der Waals surface area contributed by atoms with E-state index >= 15 is 0 Å². The second kappa shape index (κ2) is 6.49. The average Bonchev–Trinajstić information content (AvgIpc) is 2.52. The lowest BCUT2D eigenvalue weighted by Gasteiger charge is -2.40. The number of hydrogen-bond donors (Lipinski definition) is 2. The molecule has 8 heteroatoms. The predicted molar refractivity (Wildman–Crippen MR) is 96.3 cm³/mol. The predicted octanol–water partition coefficient (Wildman–Crippen LogP) is 1.71. The summed E-state index contributed by atoms with van der Waals surface area (Å²) >= 11 is 0. The molecule has 0 aromatic heterocycles. The molecule has 0 radical (unpaired) electrons. The topological polar surface area (TPSA) is 84.5 Å². The molecule has 2 aliphatic rings. The van der Waals surface area contributed by atoms with Gasteiger partial charge in [-0.2, -0.15) is 0 Å². The summed E-state index contributed by atoms with van der Waals surface area (Å²) in [6.45, 7) is 4.66. The molecule has 2 heterocycles. The number of carbonyl (C=O) groups excluding carboxylic acids is 1. The van der Waals surface area contributed by atoms with E-state index in [0.717, 1.165) is 6.26 Å². The number of halogens is 1. The Morgan fingerprint density at radius 1 is 1.31 bits per heavy atom. The van der Waals surface area contributed by atoms with Gasteiger partial charge in [0, 0.05) is 24.3 Å². The average molecular weight is 384 g/mol. The lowest BCUT2D eigenvalue weighted by atomic mass is 9.88. The van der Waals surface area contributed by atoms with Crippen molar-refractivity contribution in [2.24, 2.45) is 0 Å². The van der Waals surface area contributed by atoms with Crippen LogP contribution in [0.25, 0.3) is 0 Å². The Bertz CT molecular complexity index is 816. The Balaban J connectivity index is 1.93. The minimum Gasteiger partial charge on any atom is -0.487 e. The van der Waals surface area contributed by atoms with Crippen molar-refractivity contribution >= 4 is 15.7 Å². The first-order valence-electron chi connectivity index (χ1n) is 8.74. The molecule has 1 atom stereocenters. The molecule has 0 aliphatic carbocycles. The molecule has 1 fully saturated rings. The second-order valence-corrected chi connectivity index (χ2v) is 10.1. The van der Waals surface area contributed by atoms with E-state index in [2.05, 4.69) is 10.6 Å². The molecule has 2 N–H and O–H groups in total. The van der Waals surface area contributed by atoms with E-state index in [0.29, 0.717) is 30.8 Å². The van der Waals surface area contributed by atoms with E-state index in [-0.39, 0.29) is 12.8 Å². The number of ether oxygens (including phenoxy) is 1. The van der Waals surface area contributed by atoms with E-state index in [1.165, 1.54) is 12.1 Å². The van der Waals surface area contributed by atoms with Crippen LogP contribution in [0, 0.1) is 5.82 Å². The molecule has 1 amide bonds. The fourth-order valence-corrected chi connectivity index (χ4v) is 5.18.